The fraction of sp³-hybridized carbons (Fsp3) is 0.500. The van der Waals surface area contributed by atoms with Crippen LogP contribution in [0.4, 0.5) is 5.82 Å². The summed E-state index contributed by atoms with van der Waals surface area (Å²) < 4.78 is 6.79. The van der Waals surface area contributed by atoms with Gasteiger partial charge >= 0.3 is 0 Å². The molecule has 3 heterocycles. The summed E-state index contributed by atoms with van der Waals surface area (Å²) >= 11 is 0. The average molecular weight is 266 g/mol. The van der Waals surface area contributed by atoms with E-state index in [-0.39, 0.29) is 11.3 Å². The van der Waals surface area contributed by atoms with Crippen LogP contribution in [0.15, 0.2) is 12.7 Å². The first-order chi connectivity index (χ1) is 9.13. The van der Waals surface area contributed by atoms with Gasteiger partial charge in [0.05, 0.1) is 12.9 Å². The molecule has 101 valence electrons. The van der Waals surface area contributed by atoms with Crippen LogP contribution in [-0.2, 0) is 4.74 Å². The van der Waals surface area contributed by atoms with Gasteiger partial charge in [-0.15, -0.1) is 0 Å². The van der Waals surface area contributed by atoms with E-state index in [2.05, 4.69) is 15.0 Å². The van der Waals surface area contributed by atoms with Crippen LogP contribution in [0.5, 0.6) is 0 Å². The fourth-order valence-corrected chi connectivity index (χ4v) is 2.15. The van der Waals surface area contributed by atoms with Gasteiger partial charge in [-0.2, -0.15) is 0 Å². The molecule has 1 aliphatic heterocycles. The standard InChI is InChI=1S/C10H12N5O4/c11-8-5-9(13-2-12-8)15(3-14-5)10-7(18)6(17)4(1-16)19-10/h2-4,6-7,10-11,16-18H,1H2/t4-,6-,7-,10-/m1/s1. The van der Waals surface area contributed by atoms with Gasteiger partial charge in [0.2, 0.25) is 0 Å². The lowest BCUT2D eigenvalue weighted by molar-refractivity contribution is -0.0511. The summed E-state index contributed by atoms with van der Waals surface area (Å²) in [6.45, 7) is -0.403. The predicted molar refractivity (Wildman–Crippen MR) is 61.1 cm³/mol. The molecule has 0 bridgehead atoms. The van der Waals surface area contributed by atoms with Crippen molar-refractivity contribution < 1.29 is 20.1 Å². The van der Waals surface area contributed by atoms with E-state index >= 15 is 0 Å². The second kappa shape index (κ2) is 4.38. The molecule has 0 aliphatic carbocycles. The van der Waals surface area contributed by atoms with Crippen molar-refractivity contribution in [3.05, 3.63) is 12.7 Å². The van der Waals surface area contributed by atoms with Crippen LogP contribution < -0.4 is 5.73 Å². The molecule has 2 aromatic rings. The van der Waals surface area contributed by atoms with Crippen molar-refractivity contribution >= 4 is 17.0 Å². The Balaban J connectivity index is 2.04. The largest absolute Gasteiger partial charge is 0.394 e. The van der Waals surface area contributed by atoms with Crippen molar-refractivity contribution in [3.8, 4) is 0 Å². The lowest BCUT2D eigenvalue weighted by atomic mass is 10.1. The van der Waals surface area contributed by atoms with Crippen LogP contribution in [0, 0.1) is 0 Å². The van der Waals surface area contributed by atoms with Gasteiger partial charge in [0.1, 0.15) is 24.6 Å². The Bertz CT molecular complexity index is 603. The van der Waals surface area contributed by atoms with Crippen molar-refractivity contribution in [2.45, 2.75) is 24.5 Å². The monoisotopic (exact) mass is 266 g/mol. The van der Waals surface area contributed by atoms with Gasteiger partial charge in [-0.1, -0.05) is 0 Å². The highest BCUT2D eigenvalue weighted by molar-refractivity contribution is 5.79. The number of nitrogens with zero attached hydrogens (tertiary/aromatic N) is 4. The smallest absolute Gasteiger partial charge is 0.176 e. The van der Waals surface area contributed by atoms with Crippen LogP contribution in [0.25, 0.3) is 11.2 Å². The van der Waals surface area contributed by atoms with Gasteiger partial charge in [0.25, 0.3) is 0 Å². The highest BCUT2D eigenvalue weighted by Crippen LogP contribution is 2.31. The van der Waals surface area contributed by atoms with E-state index in [1.165, 1.54) is 17.2 Å². The van der Waals surface area contributed by atoms with E-state index in [1.807, 2.05) is 0 Å². The normalized spacial score (nSPS) is 31.1. The minimum atomic E-state index is -1.21. The van der Waals surface area contributed by atoms with Crippen molar-refractivity contribution in [3.63, 3.8) is 0 Å². The van der Waals surface area contributed by atoms with Gasteiger partial charge in [-0.3, -0.25) is 10.3 Å². The zero-order chi connectivity index (χ0) is 13.6. The number of aliphatic hydroxyl groups excluding tert-OH is 3. The Morgan fingerprint density at radius 2 is 2.05 bits per heavy atom. The van der Waals surface area contributed by atoms with Crippen LogP contribution in [0.1, 0.15) is 6.23 Å². The summed E-state index contributed by atoms with van der Waals surface area (Å²) in [7, 11) is 0. The fourth-order valence-electron chi connectivity index (χ4n) is 2.15. The van der Waals surface area contributed by atoms with Crippen molar-refractivity contribution in [2.24, 2.45) is 0 Å². The number of aliphatic hydroxyl groups is 3. The number of aromatic nitrogens is 4. The molecule has 19 heavy (non-hydrogen) atoms. The Kier molecular flexibility index (Phi) is 2.82. The lowest BCUT2D eigenvalue weighted by Gasteiger charge is -2.16. The Morgan fingerprint density at radius 3 is 2.74 bits per heavy atom. The first kappa shape index (κ1) is 12.2. The molecule has 0 aromatic carbocycles. The average Bonchev–Trinajstić information content (AvgIpc) is 2.94. The van der Waals surface area contributed by atoms with Gasteiger partial charge in [-0.05, 0) is 0 Å². The number of rotatable bonds is 2. The summed E-state index contributed by atoms with van der Waals surface area (Å²) in [4.78, 5) is 11.7. The van der Waals surface area contributed by atoms with E-state index < -0.39 is 31.1 Å². The third kappa shape index (κ3) is 1.75. The summed E-state index contributed by atoms with van der Waals surface area (Å²) in [5, 5.41) is 28.7. The second-order valence-corrected chi connectivity index (χ2v) is 4.28. The quantitative estimate of drug-likeness (QED) is 0.592. The van der Waals surface area contributed by atoms with Crippen molar-refractivity contribution in [1.82, 2.24) is 25.3 Å². The molecule has 1 aliphatic rings. The summed E-state index contributed by atoms with van der Waals surface area (Å²) in [5.41, 5.74) is 8.20. The lowest BCUT2D eigenvalue weighted by Crippen LogP contribution is -2.33. The molecule has 4 atom stereocenters. The molecule has 0 unspecified atom stereocenters. The molecule has 1 saturated heterocycles. The Labute approximate surface area is 107 Å². The van der Waals surface area contributed by atoms with Gasteiger partial charge < -0.3 is 20.1 Å². The highest BCUT2D eigenvalue weighted by Gasteiger charge is 2.43. The maximum atomic E-state index is 9.93. The number of ether oxygens (including phenoxy) is 1. The van der Waals surface area contributed by atoms with Gasteiger partial charge in [0.15, 0.2) is 23.2 Å². The summed E-state index contributed by atoms with van der Waals surface area (Å²) in [6.07, 6.45) is -1.60. The van der Waals surface area contributed by atoms with Gasteiger partial charge in [0, 0.05) is 0 Å². The molecule has 3 rings (SSSR count). The van der Waals surface area contributed by atoms with Crippen molar-refractivity contribution in [1.29, 1.82) is 0 Å². The zero-order valence-corrected chi connectivity index (χ0v) is 9.71. The van der Waals surface area contributed by atoms with Crippen LogP contribution >= 0.6 is 0 Å². The summed E-state index contributed by atoms with van der Waals surface area (Å²) in [6, 6.07) is 0. The molecule has 0 spiro atoms. The predicted octanol–water partition coefficient (Wildman–Crippen LogP) is -1.65. The molecule has 0 amide bonds. The molecular formula is C10H12N5O4. The van der Waals surface area contributed by atoms with E-state index in [0.29, 0.717) is 5.65 Å². The molecule has 4 N–H and O–H groups in total. The maximum Gasteiger partial charge on any atom is 0.176 e. The number of imidazole rings is 1. The third-order valence-electron chi connectivity index (χ3n) is 3.15. The minimum Gasteiger partial charge on any atom is -0.394 e. The number of fused-ring (bicyclic) bond motifs is 1. The molecule has 0 saturated carbocycles. The van der Waals surface area contributed by atoms with Crippen LogP contribution in [0.2, 0.25) is 0 Å². The summed E-state index contributed by atoms with van der Waals surface area (Å²) in [5.74, 6) is -0.0320. The van der Waals surface area contributed by atoms with E-state index in [9.17, 15) is 10.2 Å². The Morgan fingerprint density at radius 1 is 1.26 bits per heavy atom. The first-order valence-corrected chi connectivity index (χ1v) is 5.65. The SMILES string of the molecule is [NH]c1ncnc2c1ncn2[C@@H]1O[C@H](CO)[C@@H](O)[C@H]1O. The molecule has 1 radical (unpaired) electrons. The topological polar surface area (TPSA) is 137 Å². The first-order valence-electron chi connectivity index (χ1n) is 5.65. The van der Waals surface area contributed by atoms with E-state index in [4.69, 9.17) is 15.6 Å². The van der Waals surface area contributed by atoms with Crippen LogP contribution in [-0.4, -0.2) is 59.8 Å². The zero-order valence-electron chi connectivity index (χ0n) is 9.71. The molecule has 1 fully saturated rings. The molecular weight excluding hydrogens is 254 g/mol. The van der Waals surface area contributed by atoms with Gasteiger partial charge in [-0.25, -0.2) is 15.0 Å². The van der Waals surface area contributed by atoms with E-state index in [1.54, 1.807) is 0 Å². The molecule has 2 aromatic heterocycles. The molecule has 9 heteroatoms. The molecule has 9 nitrogen and oxygen atoms in total. The number of hydrogen-bond donors (Lipinski definition) is 3. The van der Waals surface area contributed by atoms with Crippen molar-refractivity contribution in [2.75, 3.05) is 6.61 Å². The second-order valence-electron chi connectivity index (χ2n) is 4.28. The number of nitrogens with one attached hydrogen (secondary N) is 1. The number of hydrogen-bond acceptors (Lipinski definition) is 7. The van der Waals surface area contributed by atoms with E-state index in [0.717, 1.165) is 0 Å². The highest BCUT2D eigenvalue weighted by atomic mass is 16.6. The minimum absolute atomic E-state index is 0.0320. The Hall–Kier alpha value is -1.81. The van der Waals surface area contributed by atoms with Crippen LogP contribution in [0.3, 0.4) is 0 Å². The maximum absolute atomic E-state index is 9.93. The third-order valence-corrected chi connectivity index (χ3v) is 3.15.